The maximum atomic E-state index is 14.4. The van der Waals surface area contributed by atoms with Gasteiger partial charge in [0, 0.05) is 11.8 Å². The number of benzene rings is 1. The van der Waals surface area contributed by atoms with Crippen molar-refractivity contribution in [2.24, 2.45) is 0 Å². The van der Waals surface area contributed by atoms with Gasteiger partial charge < -0.3 is 4.74 Å². The lowest BCUT2D eigenvalue weighted by Gasteiger charge is -2.09. The Kier molecular flexibility index (Phi) is 11.4. The summed E-state index contributed by atoms with van der Waals surface area (Å²) in [5.74, 6) is 0.0290. The van der Waals surface area contributed by atoms with Crippen LogP contribution in [0, 0.1) is 5.82 Å². The molecule has 0 saturated heterocycles. The molecular weight excluding hydrogens is 361 g/mol. The minimum Gasteiger partial charge on any atom is -0.491 e. The van der Waals surface area contributed by atoms with Gasteiger partial charge in [-0.25, -0.2) is 4.39 Å². The Morgan fingerprint density at radius 1 is 0.793 bits per heavy atom. The Morgan fingerprint density at radius 2 is 1.48 bits per heavy atom. The Balaban J connectivity index is 1.65. The first-order chi connectivity index (χ1) is 14.2. The van der Waals surface area contributed by atoms with Crippen molar-refractivity contribution >= 4 is 0 Å². The molecule has 0 fully saturated rings. The number of halogens is 1. The van der Waals surface area contributed by atoms with Crippen molar-refractivity contribution in [3.8, 4) is 17.0 Å². The summed E-state index contributed by atoms with van der Waals surface area (Å²) in [4.78, 5) is 4.46. The van der Waals surface area contributed by atoms with Crippen molar-refractivity contribution in [2.45, 2.75) is 90.9 Å². The summed E-state index contributed by atoms with van der Waals surface area (Å²) in [5, 5.41) is 0. The highest BCUT2D eigenvalue weighted by Gasteiger charge is 2.07. The number of rotatable bonds is 15. The van der Waals surface area contributed by atoms with Crippen LogP contribution in [0.5, 0.6) is 5.75 Å². The average Bonchev–Trinajstić information content (AvgIpc) is 2.74. The van der Waals surface area contributed by atoms with Crippen LogP contribution in [0.1, 0.15) is 90.0 Å². The number of aromatic nitrogens is 1. The van der Waals surface area contributed by atoms with E-state index in [1.54, 1.807) is 6.07 Å². The standard InChI is InChI=1S/C26H38FNO/c1-3-5-6-7-8-9-10-11-12-13-19-29-26-18-16-23(20-24(26)27)25-17-15-22(14-4-2)21-28-25/h15-18,20-21H,3-14,19H2,1-2H3. The van der Waals surface area contributed by atoms with Crippen LogP contribution >= 0.6 is 0 Å². The van der Waals surface area contributed by atoms with Crippen LogP contribution in [0.2, 0.25) is 0 Å². The number of ether oxygens (including phenoxy) is 1. The zero-order valence-corrected chi connectivity index (χ0v) is 18.4. The summed E-state index contributed by atoms with van der Waals surface area (Å²) in [6.07, 6.45) is 16.8. The van der Waals surface area contributed by atoms with E-state index in [1.807, 2.05) is 18.3 Å². The van der Waals surface area contributed by atoms with E-state index in [2.05, 4.69) is 24.9 Å². The van der Waals surface area contributed by atoms with E-state index in [1.165, 1.54) is 63.0 Å². The number of hydrogen-bond donors (Lipinski definition) is 0. The fourth-order valence-corrected chi connectivity index (χ4v) is 3.58. The van der Waals surface area contributed by atoms with Gasteiger partial charge in [0.05, 0.1) is 12.3 Å². The third-order valence-electron chi connectivity index (χ3n) is 5.35. The molecule has 0 aliphatic rings. The highest BCUT2D eigenvalue weighted by molar-refractivity contribution is 5.60. The highest BCUT2D eigenvalue weighted by Crippen LogP contribution is 2.25. The van der Waals surface area contributed by atoms with Gasteiger partial charge in [0.2, 0.25) is 0 Å². The molecule has 0 amide bonds. The Bertz CT molecular complexity index is 684. The molecule has 0 saturated carbocycles. The fraction of sp³-hybridized carbons (Fsp3) is 0.577. The molecule has 2 aromatic rings. The molecule has 0 spiro atoms. The van der Waals surface area contributed by atoms with Gasteiger partial charge in [0.1, 0.15) is 0 Å². The van der Waals surface area contributed by atoms with Gasteiger partial charge in [0.25, 0.3) is 0 Å². The van der Waals surface area contributed by atoms with E-state index in [-0.39, 0.29) is 5.82 Å². The number of nitrogens with zero attached hydrogens (tertiary/aromatic N) is 1. The first-order valence-electron chi connectivity index (χ1n) is 11.6. The third-order valence-corrected chi connectivity index (χ3v) is 5.35. The Morgan fingerprint density at radius 3 is 2.07 bits per heavy atom. The molecule has 0 atom stereocenters. The quantitative estimate of drug-likeness (QED) is 0.282. The summed E-state index contributed by atoms with van der Waals surface area (Å²) in [7, 11) is 0. The second-order valence-electron chi connectivity index (χ2n) is 7.98. The summed E-state index contributed by atoms with van der Waals surface area (Å²) in [5.41, 5.74) is 2.80. The minimum absolute atomic E-state index is 0.311. The molecule has 0 unspecified atom stereocenters. The fourth-order valence-electron chi connectivity index (χ4n) is 3.58. The smallest absolute Gasteiger partial charge is 0.165 e. The molecule has 3 heteroatoms. The first kappa shape index (κ1) is 23.4. The van der Waals surface area contributed by atoms with Crippen LogP contribution in [0.4, 0.5) is 4.39 Å². The Labute approximate surface area is 176 Å². The number of unbranched alkanes of at least 4 members (excludes halogenated alkanes) is 9. The molecule has 160 valence electrons. The lowest BCUT2D eigenvalue weighted by atomic mass is 10.1. The maximum absolute atomic E-state index is 14.4. The molecule has 0 radical (unpaired) electrons. The average molecular weight is 400 g/mol. The normalized spacial score (nSPS) is 11.0. The third kappa shape index (κ3) is 8.97. The van der Waals surface area contributed by atoms with Crippen LogP contribution in [-0.2, 0) is 6.42 Å². The molecule has 0 N–H and O–H groups in total. The van der Waals surface area contributed by atoms with Crippen molar-refractivity contribution < 1.29 is 9.13 Å². The van der Waals surface area contributed by atoms with Gasteiger partial charge >= 0.3 is 0 Å². The van der Waals surface area contributed by atoms with E-state index in [0.717, 1.165) is 36.9 Å². The van der Waals surface area contributed by atoms with Gasteiger partial charge in [-0.1, -0.05) is 84.1 Å². The van der Waals surface area contributed by atoms with Crippen LogP contribution < -0.4 is 4.74 Å². The maximum Gasteiger partial charge on any atom is 0.165 e. The molecule has 1 heterocycles. The zero-order chi connectivity index (χ0) is 20.7. The van der Waals surface area contributed by atoms with E-state index >= 15 is 0 Å². The number of hydrogen-bond acceptors (Lipinski definition) is 2. The molecule has 1 aromatic heterocycles. The molecule has 29 heavy (non-hydrogen) atoms. The topological polar surface area (TPSA) is 22.1 Å². The first-order valence-corrected chi connectivity index (χ1v) is 11.6. The number of aryl methyl sites for hydroxylation is 1. The summed E-state index contributed by atoms with van der Waals surface area (Å²) in [6, 6.07) is 9.17. The van der Waals surface area contributed by atoms with Gasteiger partial charge in [-0.2, -0.15) is 0 Å². The lowest BCUT2D eigenvalue weighted by Crippen LogP contribution is -1.99. The second-order valence-corrected chi connectivity index (χ2v) is 7.98. The summed E-state index contributed by atoms with van der Waals surface area (Å²) < 4.78 is 20.0. The van der Waals surface area contributed by atoms with Crippen molar-refractivity contribution in [3.63, 3.8) is 0 Å². The minimum atomic E-state index is -0.311. The number of pyridine rings is 1. The van der Waals surface area contributed by atoms with E-state index in [4.69, 9.17) is 4.74 Å². The van der Waals surface area contributed by atoms with Gasteiger partial charge in [-0.15, -0.1) is 0 Å². The predicted octanol–water partition coefficient (Wildman–Crippen LogP) is 8.14. The molecule has 0 bridgehead atoms. The van der Waals surface area contributed by atoms with E-state index < -0.39 is 0 Å². The monoisotopic (exact) mass is 399 g/mol. The molecule has 2 nitrogen and oxygen atoms in total. The van der Waals surface area contributed by atoms with Crippen LogP contribution in [0.3, 0.4) is 0 Å². The van der Waals surface area contributed by atoms with Gasteiger partial charge in [-0.05, 0) is 42.7 Å². The zero-order valence-electron chi connectivity index (χ0n) is 18.4. The largest absolute Gasteiger partial charge is 0.491 e. The lowest BCUT2D eigenvalue weighted by molar-refractivity contribution is 0.290. The van der Waals surface area contributed by atoms with Crippen molar-refractivity contribution in [3.05, 3.63) is 47.9 Å². The van der Waals surface area contributed by atoms with Crippen molar-refractivity contribution in [1.82, 2.24) is 4.98 Å². The van der Waals surface area contributed by atoms with Crippen LogP contribution in [0.15, 0.2) is 36.5 Å². The second kappa shape index (κ2) is 14.1. The van der Waals surface area contributed by atoms with Crippen LogP contribution in [0.25, 0.3) is 11.3 Å². The molecule has 2 rings (SSSR count). The summed E-state index contributed by atoms with van der Waals surface area (Å²) >= 11 is 0. The SMILES string of the molecule is CCCCCCCCCCCCOc1ccc(-c2ccc(CCC)cn2)cc1F. The van der Waals surface area contributed by atoms with E-state index in [0.29, 0.717) is 12.4 Å². The molecular formula is C26H38FNO. The summed E-state index contributed by atoms with van der Waals surface area (Å²) in [6.45, 7) is 4.99. The predicted molar refractivity (Wildman–Crippen MR) is 121 cm³/mol. The molecule has 0 aliphatic heterocycles. The Hall–Kier alpha value is -1.90. The van der Waals surface area contributed by atoms with Crippen LogP contribution in [-0.4, -0.2) is 11.6 Å². The van der Waals surface area contributed by atoms with Crippen molar-refractivity contribution in [2.75, 3.05) is 6.61 Å². The molecule has 1 aromatic carbocycles. The van der Waals surface area contributed by atoms with Gasteiger partial charge in [0.15, 0.2) is 11.6 Å². The van der Waals surface area contributed by atoms with E-state index in [9.17, 15) is 4.39 Å². The van der Waals surface area contributed by atoms with Crippen molar-refractivity contribution in [1.29, 1.82) is 0 Å². The van der Waals surface area contributed by atoms with Gasteiger partial charge in [-0.3, -0.25) is 4.98 Å². The highest BCUT2D eigenvalue weighted by atomic mass is 19.1. The molecule has 0 aliphatic carbocycles.